The second-order valence-corrected chi connectivity index (χ2v) is 5.73. The van der Waals surface area contributed by atoms with Crippen LogP contribution in [0.5, 0.6) is 0 Å². The Kier molecular flexibility index (Phi) is 3.54. The van der Waals surface area contributed by atoms with Gasteiger partial charge in [-0.1, -0.05) is 12.1 Å². The van der Waals surface area contributed by atoms with Gasteiger partial charge in [0.25, 0.3) is 0 Å². The number of hydrogen-bond acceptors (Lipinski definition) is 5. The van der Waals surface area contributed by atoms with Gasteiger partial charge in [-0.15, -0.1) is 0 Å². The molecule has 4 nitrogen and oxygen atoms in total. The summed E-state index contributed by atoms with van der Waals surface area (Å²) < 4.78 is 5.26. The summed E-state index contributed by atoms with van der Waals surface area (Å²) >= 11 is 1.83. The number of hydrogen-bond donors (Lipinski definition) is 1. The molecule has 1 aromatic heterocycles. The van der Waals surface area contributed by atoms with Crippen molar-refractivity contribution < 1.29 is 4.52 Å². The summed E-state index contributed by atoms with van der Waals surface area (Å²) in [7, 11) is 0. The lowest BCUT2D eigenvalue weighted by Gasteiger charge is -2.18. The van der Waals surface area contributed by atoms with Gasteiger partial charge in [0, 0.05) is 0 Å². The molecule has 90 valence electrons. The first-order valence-electron chi connectivity index (χ1n) is 5.84. The molecule has 0 radical (unpaired) electrons. The lowest BCUT2D eigenvalue weighted by molar-refractivity contribution is 0.272. The first-order valence-corrected chi connectivity index (χ1v) is 6.99. The van der Waals surface area contributed by atoms with Gasteiger partial charge >= 0.3 is 0 Å². The molecule has 1 aliphatic carbocycles. The highest BCUT2D eigenvalue weighted by Gasteiger charge is 2.43. The molecular weight excluding hydrogens is 222 g/mol. The minimum Gasteiger partial charge on any atom is -0.337 e. The highest BCUT2D eigenvalue weighted by atomic mass is 32.2. The maximum Gasteiger partial charge on any atom is 0.246 e. The molecule has 16 heavy (non-hydrogen) atoms. The molecule has 1 saturated carbocycles. The van der Waals surface area contributed by atoms with E-state index < -0.39 is 5.54 Å². The lowest BCUT2D eigenvalue weighted by atomic mass is 9.97. The topological polar surface area (TPSA) is 64.9 Å². The molecule has 1 aliphatic rings. The highest BCUT2D eigenvalue weighted by Crippen LogP contribution is 2.43. The van der Waals surface area contributed by atoms with Gasteiger partial charge in [0.05, 0.1) is 11.3 Å². The predicted octanol–water partition coefficient (Wildman–Crippen LogP) is 2.30. The summed E-state index contributed by atoms with van der Waals surface area (Å²) in [4.78, 5) is 4.39. The summed E-state index contributed by atoms with van der Waals surface area (Å²) in [5.41, 5.74) is 5.78. The first kappa shape index (κ1) is 11.9. The molecule has 5 heteroatoms. The molecule has 0 bridgehead atoms. The molecule has 2 rings (SSSR count). The average molecular weight is 241 g/mol. The van der Waals surface area contributed by atoms with E-state index in [4.69, 9.17) is 10.3 Å². The third-order valence-corrected chi connectivity index (χ3v) is 4.09. The maximum absolute atomic E-state index is 6.21. The Morgan fingerprint density at radius 3 is 2.94 bits per heavy atom. The largest absolute Gasteiger partial charge is 0.337 e. The first-order chi connectivity index (χ1) is 7.64. The van der Waals surface area contributed by atoms with Gasteiger partial charge in [-0.05, 0) is 37.9 Å². The van der Waals surface area contributed by atoms with Crippen molar-refractivity contribution in [2.45, 2.75) is 44.4 Å². The van der Waals surface area contributed by atoms with E-state index in [1.165, 1.54) is 19.3 Å². The van der Waals surface area contributed by atoms with Crippen LogP contribution in [-0.4, -0.2) is 15.9 Å². The second-order valence-electron chi connectivity index (χ2n) is 4.63. The van der Waals surface area contributed by atoms with E-state index in [-0.39, 0.29) is 0 Å². The van der Waals surface area contributed by atoms with Crippen LogP contribution in [0.1, 0.15) is 44.8 Å². The SMILES string of the molecule is CCCSCc1noc(C(C)(N)C2CC2)n1. The van der Waals surface area contributed by atoms with Crippen molar-refractivity contribution in [1.29, 1.82) is 0 Å². The van der Waals surface area contributed by atoms with Crippen molar-refractivity contribution in [1.82, 2.24) is 10.1 Å². The fourth-order valence-corrected chi connectivity index (χ4v) is 2.43. The van der Waals surface area contributed by atoms with Crippen molar-refractivity contribution in [3.8, 4) is 0 Å². The molecule has 1 aromatic rings. The van der Waals surface area contributed by atoms with Gasteiger partial charge in [0.15, 0.2) is 5.82 Å². The fourth-order valence-electron chi connectivity index (χ4n) is 1.70. The van der Waals surface area contributed by atoms with Gasteiger partial charge in [-0.3, -0.25) is 0 Å². The molecule has 1 fully saturated rings. The van der Waals surface area contributed by atoms with Crippen molar-refractivity contribution in [2.24, 2.45) is 11.7 Å². The molecule has 0 aliphatic heterocycles. The van der Waals surface area contributed by atoms with E-state index in [2.05, 4.69) is 17.1 Å². The van der Waals surface area contributed by atoms with Crippen LogP contribution in [0.3, 0.4) is 0 Å². The second kappa shape index (κ2) is 4.75. The van der Waals surface area contributed by atoms with Crippen molar-refractivity contribution in [3.05, 3.63) is 11.7 Å². The zero-order valence-corrected chi connectivity index (χ0v) is 10.7. The van der Waals surface area contributed by atoms with Gasteiger partial charge in [0.2, 0.25) is 5.89 Å². The Morgan fingerprint density at radius 2 is 2.31 bits per heavy atom. The number of nitrogens with two attached hydrogens (primary N) is 1. The number of thioether (sulfide) groups is 1. The van der Waals surface area contributed by atoms with E-state index in [0.717, 1.165) is 17.3 Å². The van der Waals surface area contributed by atoms with Gasteiger partial charge in [-0.2, -0.15) is 16.7 Å². The van der Waals surface area contributed by atoms with Crippen LogP contribution >= 0.6 is 11.8 Å². The summed E-state index contributed by atoms with van der Waals surface area (Å²) in [5.74, 6) is 3.83. The monoisotopic (exact) mass is 241 g/mol. The molecule has 1 atom stereocenters. The third-order valence-electron chi connectivity index (χ3n) is 2.93. The molecule has 0 aromatic carbocycles. The summed E-state index contributed by atoms with van der Waals surface area (Å²) in [6.07, 6.45) is 3.52. The molecule has 2 N–H and O–H groups in total. The normalized spacial score (nSPS) is 19.7. The summed E-state index contributed by atoms with van der Waals surface area (Å²) in [6.45, 7) is 4.15. The van der Waals surface area contributed by atoms with Crippen molar-refractivity contribution in [2.75, 3.05) is 5.75 Å². The van der Waals surface area contributed by atoms with Crippen LogP contribution in [0.4, 0.5) is 0 Å². The minimum atomic E-state index is -0.430. The van der Waals surface area contributed by atoms with Gasteiger partial charge in [0.1, 0.15) is 0 Å². The molecule has 1 unspecified atom stereocenters. The quantitative estimate of drug-likeness (QED) is 0.774. The van der Waals surface area contributed by atoms with Crippen LogP contribution in [0.2, 0.25) is 0 Å². The molecule has 1 heterocycles. The number of nitrogens with zero attached hydrogens (tertiary/aromatic N) is 2. The van der Waals surface area contributed by atoms with Crippen LogP contribution in [0, 0.1) is 5.92 Å². The Labute approximate surface area is 100 Å². The Morgan fingerprint density at radius 1 is 1.56 bits per heavy atom. The smallest absolute Gasteiger partial charge is 0.246 e. The van der Waals surface area contributed by atoms with Crippen LogP contribution < -0.4 is 5.73 Å². The summed E-state index contributed by atoms with van der Waals surface area (Å²) in [6, 6.07) is 0. The van der Waals surface area contributed by atoms with Crippen LogP contribution in [0.25, 0.3) is 0 Å². The highest BCUT2D eigenvalue weighted by molar-refractivity contribution is 7.98. The number of rotatable bonds is 6. The standard InChI is InChI=1S/C11H19N3OS/c1-3-6-16-7-9-13-10(15-14-9)11(2,12)8-4-5-8/h8H,3-7,12H2,1-2H3. The number of aromatic nitrogens is 2. The lowest BCUT2D eigenvalue weighted by Crippen LogP contribution is -2.35. The Hall–Kier alpha value is -0.550. The third kappa shape index (κ3) is 2.58. The average Bonchev–Trinajstić information content (AvgIpc) is 3.00. The van der Waals surface area contributed by atoms with Crippen LogP contribution in [0.15, 0.2) is 4.52 Å². The van der Waals surface area contributed by atoms with E-state index in [0.29, 0.717) is 11.8 Å². The van der Waals surface area contributed by atoms with E-state index in [1.807, 2.05) is 18.7 Å². The molecule has 0 amide bonds. The molecule has 0 spiro atoms. The predicted molar refractivity (Wildman–Crippen MR) is 65.0 cm³/mol. The van der Waals surface area contributed by atoms with Gasteiger partial charge in [-0.25, -0.2) is 0 Å². The summed E-state index contributed by atoms with van der Waals surface area (Å²) in [5, 5.41) is 3.98. The van der Waals surface area contributed by atoms with Crippen molar-refractivity contribution in [3.63, 3.8) is 0 Å². The van der Waals surface area contributed by atoms with E-state index in [1.54, 1.807) is 0 Å². The van der Waals surface area contributed by atoms with Crippen LogP contribution in [-0.2, 0) is 11.3 Å². The maximum atomic E-state index is 6.21. The zero-order valence-electron chi connectivity index (χ0n) is 9.90. The Balaban J connectivity index is 1.96. The fraction of sp³-hybridized carbons (Fsp3) is 0.818. The molecular formula is C11H19N3OS. The Bertz CT molecular complexity index is 347. The van der Waals surface area contributed by atoms with E-state index in [9.17, 15) is 0 Å². The van der Waals surface area contributed by atoms with Crippen molar-refractivity contribution >= 4 is 11.8 Å². The molecule has 0 saturated heterocycles. The van der Waals surface area contributed by atoms with Gasteiger partial charge < -0.3 is 10.3 Å². The van der Waals surface area contributed by atoms with E-state index >= 15 is 0 Å². The zero-order chi connectivity index (χ0) is 11.6. The minimum absolute atomic E-state index is 0.430.